The average Bonchev–Trinajstić information content (AvgIpc) is 2.20. The number of hydrogen-bond acceptors (Lipinski definition) is 2. The van der Waals surface area contributed by atoms with Gasteiger partial charge in [-0.25, -0.2) is 0 Å². The Bertz CT molecular complexity index is 201. The van der Waals surface area contributed by atoms with Crippen molar-refractivity contribution in [3.8, 4) is 0 Å². The Balaban J connectivity index is 2.24. The van der Waals surface area contributed by atoms with Crippen LogP contribution in [0.2, 0.25) is 0 Å². The molecular weight excluding hydrogens is 184 g/mol. The van der Waals surface area contributed by atoms with Gasteiger partial charge in [-0.05, 0) is 36.9 Å². The summed E-state index contributed by atoms with van der Waals surface area (Å²) in [6, 6.07) is 0. The highest BCUT2D eigenvalue weighted by Gasteiger charge is 2.22. The lowest BCUT2D eigenvalue weighted by atomic mass is 9.88. The van der Waals surface area contributed by atoms with E-state index in [1.54, 1.807) is 0 Å². The highest BCUT2D eigenvalue weighted by atomic mass is 15.1. The standard InChI is InChI=1S/C13H26N2/c1-5-14-8-11(2)9-15-7-6-12(3)13(4)10-15/h12-14H,2,5-10H2,1,3-4H3. The first-order valence-electron chi connectivity index (χ1n) is 6.23. The molecule has 88 valence electrons. The number of likely N-dealkylation sites (N-methyl/N-ethyl adjacent to an activating group) is 1. The average molecular weight is 210 g/mol. The molecule has 15 heavy (non-hydrogen) atoms. The third-order valence-electron chi connectivity index (χ3n) is 3.49. The summed E-state index contributed by atoms with van der Waals surface area (Å²) in [6.45, 7) is 16.6. The predicted octanol–water partition coefficient (Wildman–Crippen LogP) is 2.13. The molecule has 2 unspecified atom stereocenters. The van der Waals surface area contributed by atoms with Gasteiger partial charge in [-0.2, -0.15) is 0 Å². The molecule has 1 saturated heterocycles. The van der Waals surface area contributed by atoms with Crippen LogP contribution in [0, 0.1) is 11.8 Å². The van der Waals surface area contributed by atoms with Crippen molar-refractivity contribution in [2.45, 2.75) is 27.2 Å². The molecule has 1 N–H and O–H groups in total. The highest BCUT2D eigenvalue weighted by Crippen LogP contribution is 2.22. The van der Waals surface area contributed by atoms with Gasteiger partial charge >= 0.3 is 0 Å². The molecule has 0 aromatic carbocycles. The zero-order valence-electron chi connectivity index (χ0n) is 10.6. The van der Waals surface area contributed by atoms with Crippen LogP contribution in [0.5, 0.6) is 0 Å². The second-order valence-corrected chi connectivity index (χ2v) is 5.01. The SMILES string of the molecule is C=C(CNCC)CN1CCC(C)C(C)C1. The Morgan fingerprint density at radius 2 is 2.13 bits per heavy atom. The Morgan fingerprint density at radius 3 is 2.73 bits per heavy atom. The van der Waals surface area contributed by atoms with Crippen LogP contribution >= 0.6 is 0 Å². The highest BCUT2D eigenvalue weighted by molar-refractivity contribution is 5.00. The van der Waals surface area contributed by atoms with Crippen LogP contribution in [-0.2, 0) is 0 Å². The van der Waals surface area contributed by atoms with Crippen LogP contribution in [0.4, 0.5) is 0 Å². The lowest BCUT2D eigenvalue weighted by Crippen LogP contribution is -2.40. The van der Waals surface area contributed by atoms with Gasteiger partial charge < -0.3 is 5.32 Å². The molecule has 2 atom stereocenters. The van der Waals surface area contributed by atoms with E-state index in [-0.39, 0.29) is 0 Å². The van der Waals surface area contributed by atoms with Crippen LogP contribution in [0.25, 0.3) is 0 Å². The van der Waals surface area contributed by atoms with Gasteiger partial charge in [-0.1, -0.05) is 27.4 Å². The minimum absolute atomic E-state index is 0.839. The monoisotopic (exact) mass is 210 g/mol. The first kappa shape index (κ1) is 12.7. The summed E-state index contributed by atoms with van der Waals surface area (Å²) in [5.41, 5.74) is 1.32. The van der Waals surface area contributed by atoms with Gasteiger partial charge in [0.2, 0.25) is 0 Å². The molecule has 1 aliphatic rings. The van der Waals surface area contributed by atoms with E-state index in [1.165, 1.54) is 25.1 Å². The minimum Gasteiger partial charge on any atom is -0.313 e. The summed E-state index contributed by atoms with van der Waals surface area (Å²) in [5, 5.41) is 3.33. The third-order valence-corrected chi connectivity index (χ3v) is 3.49. The zero-order chi connectivity index (χ0) is 11.3. The van der Waals surface area contributed by atoms with Gasteiger partial charge in [-0.15, -0.1) is 0 Å². The molecule has 1 rings (SSSR count). The number of hydrogen-bond donors (Lipinski definition) is 1. The molecule has 0 spiro atoms. The normalized spacial score (nSPS) is 27.9. The van der Waals surface area contributed by atoms with Gasteiger partial charge in [0.05, 0.1) is 0 Å². The topological polar surface area (TPSA) is 15.3 Å². The van der Waals surface area contributed by atoms with Gasteiger partial charge in [-0.3, -0.25) is 4.90 Å². The molecule has 0 radical (unpaired) electrons. The van der Waals surface area contributed by atoms with Crippen molar-refractivity contribution in [1.82, 2.24) is 10.2 Å². The van der Waals surface area contributed by atoms with E-state index in [9.17, 15) is 0 Å². The minimum atomic E-state index is 0.839. The van der Waals surface area contributed by atoms with E-state index in [1.807, 2.05) is 0 Å². The van der Waals surface area contributed by atoms with Crippen LogP contribution in [0.15, 0.2) is 12.2 Å². The number of rotatable bonds is 5. The molecule has 0 amide bonds. The lowest BCUT2D eigenvalue weighted by molar-refractivity contribution is 0.148. The van der Waals surface area contributed by atoms with Gasteiger partial charge in [0.15, 0.2) is 0 Å². The second kappa shape index (κ2) is 6.29. The molecule has 1 fully saturated rings. The summed E-state index contributed by atoms with van der Waals surface area (Å²) < 4.78 is 0. The van der Waals surface area contributed by atoms with E-state index in [2.05, 4.69) is 37.6 Å². The van der Waals surface area contributed by atoms with Crippen LogP contribution in [0.1, 0.15) is 27.2 Å². The van der Waals surface area contributed by atoms with E-state index in [0.717, 1.165) is 31.5 Å². The third kappa shape index (κ3) is 4.35. The molecule has 1 heterocycles. The van der Waals surface area contributed by atoms with Crippen molar-refractivity contribution < 1.29 is 0 Å². The van der Waals surface area contributed by atoms with E-state index < -0.39 is 0 Å². The molecule has 1 aliphatic heterocycles. The van der Waals surface area contributed by atoms with Crippen molar-refractivity contribution in [2.75, 3.05) is 32.7 Å². The quantitative estimate of drug-likeness (QED) is 0.699. The van der Waals surface area contributed by atoms with Gasteiger partial charge in [0.1, 0.15) is 0 Å². The van der Waals surface area contributed by atoms with Crippen molar-refractivity contribution in [3.05, 3.63) is 12.2 Å². The van der Waals surface area contributed by atoms with E-state index in [4.69, 9.17) is 0 Å². The fourth-order valence-corrected chi connectivity index (χ4v) is 2.17. The van der Waals surface area contributed by atoms with Crippen molar-refractivity contribution in [1.29, 1.82) is 0 Å². The summed E-state index contributed by atoms with van der Waals surface area (Å²) in [4.78, 5) is 2.55. The molecule has 2 nitrogen and oxygen atoms in total. The zero-order valence-corrected chi connectivity index (χ0v) is 10.6. The maximum absolute atomic E-state index is 4.13. The number of nitrogens with one attached hydrogen (secondary N) is 1. The first-order valence-corrected chi connectivity index (χ1v) is 6.23. The summed E-state index contributed by atoms with van der Waals surface area (Å²) in [7, 11) is 0. The molecular formula is C13H26N2. The number of piperidine rings is 1. The fourth-order valence-electron chi connectivity index (χ4n) is 2.17. The Morgan fingerprint density at radius 1 is 1.40 bits per heavy atom. The molecule has 0 saturated carbocycles. The maximum Gasteiger partial charge on any atom is 0.0202 e. The molecule has 2 heteroatoms. The van der Waals surface area contributed by atoms with Gasteiger partial charge in [0.25, 0.3) is 0 Å². The first-order chi connectivity index (χ1) is 7.13. The smallest absolute Gasteiger partial charge is 0.0202 e. The molecule has 0 aromatic rings. The van der Waals surface area contributed by atoms with Gasteiger partial charge in [0, 0.05) is 19.6 Å². The van der Waals surface area contributed by atoms with Crippen molar-refractivity contribution in [3.63, 3.8) is 0 Å². The summed E-state index contributed by atoms with van der Waals surface area (Å²) >= 11 is 0. The maximum atomic E-state index is 4.13. The second-order valence-electron chi connectivity index (χ2n) is 5.01. The Labute approximate surface area is 94.7 Å². The summed E-state index contributed by atoms with van der Waals surface area (Å²) in [5.74, 6) is 1.73. The molecule has 0 bridgehead atoms. The Kier molecular flexibility index (Phi) is 5.34. The van der Waals surface area contributed by atoms with Crippen molar-refractivity contribution in [2.24, 2.45) is 11.8 Å². The largest absolute Gasteiger partial charge is 0.313 e. The van der Waals surface area contributed by atoms with E-state index in [0.29, 0.717) is 0 Å². The van der Waals surface area contributed by atoms with E-state index >= 15 is 0 Å². The number of nitrogens with zero attached hydrogens (tertiary/aromatic N) is 1. The van der Waals surface area contributed by atoms with Crippen LogP contribution < -0.4 is 5.32 Å². The lowest BCUT2D eigenvalue weighted by Gasteiger charge is -2.35. The van der Waals surface area contributed by atoms with Crippen LogP contribution in [-0.4, -0.2) is 37.6 Å². The summed E-state index contributed by atoms with van der Waals surface area (Å²) in [6.07, 6.45) is 1.34. The molecule has 0 aromatic heterocycles. The Hall–Kier alpha value is -0.340. The number of likely N-dealkylation sites (tertiary alicyclic amines) is 1. The fraction of sp³-hybridized carbons (Fsp3) is 0.846. The predicted molar refractivity (Wildman–Crippen MR) is 67.1 cm³/mol. The molecule has 0 aliphatic carbocycles. The van der Waals surface area contributed by atoms with Crippen molar-refractivity contribution >= 4 is 0 Å². The van der Waals surface area contributed by atoms with Crippen LogP contribution in [0.3, 0.4) is 0 Å².